The van der Waals surface area contributed by atoms with Gasteiger partial charge in [0, 0.05) is 23.2 Å². The van der Waals surface area contributed by atoms with Crippen LogP contribution in [0.3, 0.4) is 0 Å². The summed E-state index contributed by atoms with van der Waals surface area (Å²) in [5, 5.41) is 26.6. The molecule has 144 valence electrons. The molecule has 0 fully saturated rings. The van der Waals surface area contributed by atoms with Gasteiger partial charge in [0.25, 0.3) is 11.6 Å². The zero-order valence-electron chi connectivity index (χ0n) is 15.0. The van der Waals surface area contributed by atoms with E-state index in [0.29, 0.717) is 11.1 Å². The molecule has 1 aromatic heterocycles. The van der Waals surface area contributed by atoms with Gasteiger partial charge in [0.2, 0.25) is 0 Å². The molecule has 0 radical (unpaired) electrons. The van der Waals surface area contributed by atoms with Crippen LogP contribution in [0.2, 0.25) is 5.02 Å². The quantitative estimate of drug-likeness (QED) is 0.400. The van der Waals surface area contributed by atoms with Gasteiger partial charge in [0.1, 0.15) is 5.82 Å². The number of amides is 1. The average molecular weight is 401 g/mol. The smallest absolute Gasteiger partial charge is 0.271 e. The Kier molecular flexibility index (Phi) is 5.27. The second-order valence-electron chi connectivity index (χ2n) is 5.91. The summed E-state index contributed by atoms with van der Waals surface area (Å²) in [6.45, 7) is 4.66. The Hall–Kier alpha value is -3.46. The lowest BCUT2D eigenvalue weighted by atomic mass is 10.2. The summed E-state index contributed by atoms with van der Waals surface area (Å²) < 4.78 is 2.02. The number of rotatable bonds is 5. The van der Waals surface area contributed by atoms with Crippen LogP contribution in [-0.4, -0.2) is 26.6 Å². The number of hydrogen-bond acceptors (Lipinski definition) is 6. The molecule has 28 heavy (non-hydrogen) atoms. The highest BCUT2D eigenvalue weighted by molar-refractivity contribution is 6.31. The topological polar surface area (TPSA) is 125 Å². The number of nitrogens with one attached hydrogen (secondary N) is 1. The van der Waals surface area contributed by atoms with Gasteiger partial charge < -0.3 is 9.67 Å². The summed E-state index contributed by atoms with van der Waals surface area (Å²) in [6, 6.07) is 7.28. The summed E-state index contributed by atoms with van der Waals surface area (Å²) in [6.07, 6.45) is 1.02. The van der Waals surface area contributed by atoms with E-state index in [9.17, 15) is 20.0 Å². The van der Waals surface area contributed by atoms with E-state index < -0.39 is 22.3 Å². The summed E-state index contributed by atoms with van der Waals surface area (Å²) in [5.74, 6) is -0.501. The Bertz CT molecular complexity index is 1120. The molecule has 1 amide bonds. The maximum Gasteiger partial charge on any atom is 0.271 e. The van der Waals surface area contributed by atoms with Crippen LogP contribution >= 0.6 is 11.6 Å². The fourth-order valence-corrected chi connectivity index (χ4v) is 3.07. The molecule has 1 N–H and O–H groups in total. The molecule has 2 aromatic carbocycles. The summed E-state index contributed by atoms with van der Waals surface area (Å²) in [7, 11) is 0. The number of aromatic nitrogens is 2. The molecule has 0 aliphatic carbocycles. The first-order valence-electron chi connectivity index (χ1n) is 8.27. The number of carbonyl (C=O) groups excluding carboxylic acids is 1. The third-order valence-corrected chi connectivity index (χ3v) is 4.36. The van der Waals surface area contributed by atoms with Crippen LogP contribution in [0, 0.1) is 17.0 Å². The van der Waals surface area contributed by atoms with Gasteiger partial charge in [-0.25, -0.2) is 10.4 Å². The van der Waals surface area contributed by atoms with Crippen molar-refractivity contribution in [2.45, 2.75) is 20.4 Å². The number of imidazole rings is 1. The molecule has 0 aliphatic heterocycles. The minimum absolute atomic E-state index is 0.0198. The van der Waals surface area contributed by atoms with Crippen molar-refractivity contribution in [3.63, 3.8) is 0 Å². The van der Waals surface area contributed by atoms with E-state index in [2.05, 4.69) is 15.5 Å². The number of halogens is 1. The monoisotopic (exact) mass is 400 g/mol. The summed E-state index contributed by atoms with van der Waals surface area (Å²) in [4.78, 5) is 26.8. The normalized spacial score (nSPS) is 11.2. The van der Waals surface area contributed by atoms with Crippen LogP contribution < -0.4 is 10.5 Å². The molecule has 9 nitrogen and oxygen atoms in total. The highest BCUT2D eigenvalue weighted by atomic mass is 35.5. The average Bonchev–Trinajstić information content (AvgIpc) is 2.97. The van der Waals surface area contributed by atoms with Gasteiger partial charge in [-0.2, -0.15) is 5.10 Å². The summed E-state index contributed by atoms with van der Waals surface area (Å²) >= 11 is 5.78. The second kappa shape index (κ2) is 7.65. The summed E-state index contributed by atoms with van der Waals surface area (Å²) in [5.41, 5.74) is 3.46. The van der Waals surface area contributed by atoms with Crippen molar-refractivity contribution in [1.29, 1.82) is 0 Å². The number of fused-ring (bicyclic) bond motifs is 1. The molecule has 0 aliphatic rings. The fourth-order valence-electron chi connectivity index (χ4n) is 2.85. The van der Waals surface area contributed by atoms with Gasteiger partial charge in [-0.3, -0.25) is 14.9 Å². The Balaban J connectivity index is 1.81. The molecule has 3 rings (SSSR count). The van der Waals surface area contributed by atoms with Crippen LogP contribution in [0.1, 0.15) is 28.7 Å². The van der Waals surface area contributed by atoms with Crippen LogP contribution in [0.15, 0.2) is 35.4 Å². The number of nitro groups is 1. The second-order valence-corrected chi connectivity index (χ2v) is 6.34. The molecule has 0 bridgehead atoms. The molecule has 0 spiro atoms. The molecule has 0 saturated heterocycles. The standard InChI is InChI=1S/C18H16ClN5O4/c1-3-23-10(2)21-14-7-11(4-5-15(14)23)18(26)22-20-9-12-6-13(19)8-16(17(12)25)24(27)28/h4-9,25H,3H2,1-2H3,(H,22,26)/p-1/b20-9-. The Morgan fingerprint density at radius 1 is 1.39 bits per heavy atom. The maximum atomic E-state index is 12.3. The lowest BCUT2D eigenvalue weighted by Gasteiger charge is -2.10. The predicted octanol–water partition coefficient (Wildman–Crippen LogP) is 2.76. The van der Waals surface area contributed by atoms with Crippen molar-refractivity contribution in [3.05, 3.63) is 62.4 Å². The largest absolute Gasteiger partial charge is 0.867 e. The Morgan fingerprint density at radius 2 is 2.14 bits per heavy atom. The van der Waals surface area contributed by atoms with Crippen molar-refractivity contribution in [2.75, 3.05) is 0 Å². The first-order valence-corrected chi connectivity index (χ1v) is 8.64. The van der Waals surface area contributed by atoms with E-state index in [1.165, 1.54) is 6.07 Å². The maximum absolute atomic E-state index is 12.3. The van der Waals surface area contributed by atoms with E-state index in [1.807, 2.05) is 18.4 Å². The number of hydrazone groups is 1. The van der Waals surface area contributed by atoms with Crippen molar-refractivity contribution < 1.29 is 14.8 Å². The van der Waals surface area contributed by atoms with E-state index in [-0.39, 0.29) is 10.6 Å². The minimum Gasteiger partial charge on any atom is -0.867 e. The predicted molar refractivity (Wildman–Crippen MR) is 103 cm³/mol. The molecule has 10 heteroatoms. The molecule has 0 unspecified atom stereocenters. The molecular weight excluding hydrogens is 386 g/mol. The number of benzene rings is 2. The number of nitrogens with zero attached hydrogens (tertiary/aromatic N) is 4. The fraction of sp³-hybridized carbons (Fsp3) is 0.167. The number of aryl methyl sites for hydroxylation is 2. The van der Waals surface area contributed by atoms with Crippen LogP contribution in [0.25, 0.3) is 11.0 Å². The highest BCUT2D eigenvalue weighted by Gasteiger charge is 2.12. The molecule has 0 atom stereocenters. The van der Waals surface area contributed by atoms with Crippen molar-refractivity contribution in [2.24, 2.45) is 5.10 Å². The SMILES string of the molecule is CCn1c(C)nc2cc(C(=O)N/N=C\c3cc(Cl)cc([N+](=O)[O-])c3[O-])ccc21. The van der Waals surface area contributed by atoms with Gasteiger partial charge in [-0.05, 0) is 49.4 Å². The minimum atomic E-state index is -0.839. The molecule has 1 heterocycles. The Labute approximate surface area is 164 Å². The highest BCUT2D eigenvalue weighted by Crippen LogP contribution is 2.29. The van der Waals surface area contributed by atoms with Gasteiger partial charge in [-0.1, -0.05) is 11.6 Å². The number of nitro benzene ring substituents is 1. The zero-order valence-corrected chi connectivity index (χ0v) is 15.7. The molecular formula is C18H15ClN5O4-. The molecule has 3 aromatic rings. The van der Waals surface area contributed by atoms with Crippen LogP contribution in [-0.2, 0) is 6.54 Å². The van der Waals surface area contributed by atoms with Gasteiger partial charge in [0.15, 0.2) is 0 Å². The molecule has 0 saturated carbocycles. The zero-order chi connectivity index (χ0) is 20.4. The van der Waals surface area contributed by atoms with E-state index in [1.54, 1.807) is 18.2 Å². The van der Waals surface area contributed by atoms with E-state index in [0.717, 1.165) is 30.2 Å². The third kappa shape index (κ3) is 3.65. The Morgan fingerprint density at radius 3 is 2.82 bits per heavy atom. The van der Waals surface area contributed by atoms with Crippen molar-refractivity contribution >= 4 is 40.4 Å². The lowest BCUT2D eigenvalue weighted by Crippen LogP contribution is -2.17. The lowest BCUT2D eigenvalue weighted by molar-refractivity contribution is -0.398. The first kappa shape index (κ1) is 19.3. The van der Waals surface area contributed by atoms with Crippen molar-refractivity contribution in [3.8, 4) is 5.75 Å². The first-order chi connectivity index (χ1) is 13.3. The van der Waals surface area contributed by atoms with Gasteiger partial charge in [0.05, 0.1) is 22.2 Å². The van der Waals surface area contributed by atoms with E-state index >= 15 is 0 Å². The van der Waals surface area contributed by atoms with Crippen LogP contribution in [0.4, 0.5) is 5.69 Å². The number of hydrogen-bond donors (Lipinski definition) is 1. The van der Waals surface area contributed by atoms with Gasteiger partial charge >= 0.3 is 0 Å². The number of carbonyl (C=O) groups is 1. The van der Waals surface area contributed by atoms with Crippen LogP contribution in [0.5, 0.6) is 5.75 Å². The third-order valence-electron chi connectivity index (χ3n) is 4.15. The van der Waals surface area contributed by atoms with Gasteiger partial charge in [-0.15, -0.1) is 0 Å². The van der Waals surface area contributed by atoms with Crippen molar-refractivity contribution in [1.82, 2.24) is 15.0 Å². The van der Waals surface area contributed by atoms with E-state index in [4.69, 9.17) is 11.6 Å².